The van der Waals surface area contributed by atoms with Gasteiger partial charge in [-0.05, 0) is 43.7 Å². The second kappa shape index (κ2) is 6.42. The molecule has 5 nitrogen and oxygen atoms in total. The van der Waals surface area contributed by atoms with Gasteiger partial charge in [0.25, 0.3) is 5.56 Å². The lowest BCUT2D eigenvalue weighted by atomic mass is 10.2. The molecule has 130 valence electrons. The van der Waals surface area contributed by atoms with Gasteiger partial charge in [-0.15, -0.1) is 0 Å². The van der Waals surface area contributed by atoms with Gasteiger partial charge in [-0.2, -0.15) is 10.2 Å². The van der Waals surface area contributed by atoms with Gasteiger partial charge in [-0.1, -0.05) is 41.9 Å². The molecule has 4 rings (SSSR count). The minimum atomic E-state index is -0.190. The Bertz CT molecular complexity index is 1140. The molecule has 0 aliphatic heterocycles. The van der Waals surface area contributed by atoms with E-state index >= 15 is 0 Å². The van der Waals surface area contributed by atoms with Gasteiger partial charge in [0.15, 0.2) is 5.52 Å². The molecule has 2 heterocycles. The van der Waals surface area contributed by atoms with Crippen LogP contribution in [0, 0.1) is 13.8 Å². The Hall–Kier alpha value is -2.92. The molecule has 0 spiro atoms. The molecule has 0 aliphatic rings. The zero-order valence-electron chi connectivity index (χ0n) is 14.5. The Labute approximate surface area is 155 Å². The van der Waals surface area contributed by atoms with Gasteiger partial charge in [0, 0.05) is 5.02 Å². The minimum absolute atomic E-state index is 0.190. The second-order valence-electron chi connectivity index (χ2n) is 6.23. The molecule has 0 unspecified atom stereocenters. The molecular weight excluding hydrogens is 348 g/mol. The number of benzene rings is 2. The summed E-state index contributed by atoms with van der Waals surface area (Å²) >= 11 is 5.97. The average Bonchev–Trinajstić information content (AvgIpc) is 2.99. The summed E-state index contributed by atoms with van der Waals surface area (Å²) in [6.45, 7) is 4.27. The first-order chi connectivity index (χ1) is 12.5. The first-order valence-corrected chi connectivity index (χ1v) is 8.69. The summed E-state index contributed by atoms with van der Waals surface area (Å²) in [5.41, 5.74) is 3.79. The highest BCUT2D eigenvalue weighted by Crippen LogP contribution is 2.22. The maximum absolute atomic E-state index is 12.9. The van der Waals surface area contributed by atoms with Crippen LogP contribution < -0.4 is 5.56 Å². The van der Waals surface area contributed by atoms with Gasteiger partial charge < -0.3 is 0 Å². The molecule has 0 saturated heterocycles. The van der Waals surface area contributed by atoms with Crippen LogP contribution in [-0.4, -0.2) is 19.6 Å². The van der Waals surface area contributed by atoms with E-state index in [4.69, 9.17) is 11.6 Å². The molecule has 0 aliphatic carbocycles. The number of halogens is 1. The Morgan fingerprint density at radius 3 is 2.35 bits per heavy atom. The van der Waals surface area contributed by atoms with Crippen LogP contribution in [0.1, 0.15) is 17.0 Å². The zero-order valence-corrected chi connectivity index (χ0v) is 15.2. The largest absolute Gasteiger partial charge is 0.295 e. The van der Waals surface area contributed by atoms with Crippen LogP contribution in [0.15, 0.2) is 59.4 Å². The van der Waals surface area contributed by atoms with Crippen LogP contribution in [0.4, 0.5) is 0 Å². The number of fused-ring (bicyclic) bond motifs is 1. The van der Waals surface area contributed by atoms with Crippen molar-refractivity contribution in [3.63, 3.8) is 0 Å². The summed E-state index contributed by atoms with van der Waals surface area (Å²) in [4.78, 5) is 12.9. The molecule has 0 atom stereocenters. The highest BCUT2D eigenvalue weighted by molar-refractivity contribution is 6.30. The smallest absolute Gasteiger partial charge is 0.265 e. The molecule has 2 aromatic heterocycles. The van der Waals surface area contributed by atoms with Crippen molar-refractivity contribution in [2.45, 2.75) is 20.4 Å². The van der Waals surface area contributed by atoms with Crippen molar-refractivity contribution in [2.75, 3.05) is 0 Å². The van der Waals surface area contributed by atoms with E-state index in [2.05, 4.69) is 10.2 Å². The third-order valence-corrected chi connectivity index (χ3v) is 4.68. The molecule has 26 heavy (non-hydrogen) atoms. The second-order valence-corrected chi connectivity index (χ2v) is 6.67. The quantitative estimate of drug-likeness (QED) is 0.554. The van der Waals surface area contributed by atoms with E-state index < -0.39 is 0 Å². The van der Waals surface area contributed by atoms with Crippen LogP contribution >= 0.6 is 11.6 Å². The van der Waals surface area contributed by atoms with Gasteiger partial charge in [0.2, 0.25) is 0 Å². The lowest BCUT2D eigenvalue weighted by molar-refractivity contribution is 0.636. The Morgan fingerprint density at radius 2 is 1.65 bits per heavy atom. The van der Waals surface area contributed by atoms with E-state index in [1.54, 1.807) is 4.68 Å². The lowest BCUT2D eigenvalue weighted by Gasteiger charge is -2.06. The Morgan fingerprint density at radius 1 is 0.962 bits per heavy atom. The third kappa shape index (κ3) is 2.80. The van der Waals surface area contributed by atoms with Crippen LogP contribution in [-0.2, 0) is 6.54 Å². The van der Waals surface area contributed by atoms with Crippen molar-refractivity contribution < 1.29 is 0 Å². The normalized spacial score (nSPS) is 11.2. The van der Waals surface area contributed by atoms with E-state index in [9.17, 15) is 4.79 Å². The van der Waals surface area contributed by atoms with Crippen LogP contribution in [0.5, 0.6) is 0 Å². The fourth-order valence-electron chi connectivity index (χ4n) is 3.18. The topological polar surface area (TPSA) is 52.7 Å². The number of aromatic nitrogens is 4. The van der Waals surface area contributed by atoms with Gasteiger partial charge in [-0.25, -0.2) is 9.36 Å². The molecule has 0 amide bonds. The van der Waals surface area contributed by atoms with Gasteiger partial charge in [0.05, 0.1) is 29.0 Å². The predicted octanol–water partition coefficient (Wildman–Crippen LogP) is 3.90. The number of hydrogen-bond acceptors (Lipinski definition) is 3. The zero-order chi connectivity index (χ0) is 18.3. The highest BCUT2D eigenvalue weighted by atomic mass is 35.5. The molecule has 0 saturated carbocycles. The van der Waals surface area contributed by atoms with Gasteiger partial charge in [0.1, 0.15) is 0 Å². The van der Waals surface area contributed by atoms with Crippen molar-refractivity contribution in [3.8, 4) is 5.69 Å². The number of aryl methyl sites for hydroxylation is 2. The van der Waals surface area contributed by atoms with Crippen LogP contribution in [0.3, 0.4) is 0 Å². The molecule has 6 heteroatoms. The van der Waals surface area contributed by atoms with Gasteiger partial charge in [-0.3, -0.25) is 4.79 Å². The summed E-state index contributed by atoms with van der Waals surface area (Å²) in [5, 5.41) is 10.5. The van der Waals surface area contributed by atoms with Crippen LogP contribution in [0.25, 0.3) is 16.6 Å². The van der Waals surface area contributed by atoms with Crippen molar-refractivity contribution in [2.24, 2.45) is 0 Å². The van der Waals surface area contributed by atoms with E-state index in [1.807, 2.05) is 68.4 Å². The minimum Gasteiger partial charge on any atom is -0.265 e. The summed E-state index contributed by atoms with van der Waals surface area (Å²) in [7, 11) is 0. The SMILES string of the molecule is Cc1nn(Cc2ccccc2)c(=O)c2nn(-c3ccc(Cl)cc3)c(C)c12. The van der Waals surface area contributed by atoms with E-state index in [0.717, 1.165) is 28.0 Å². The summed E-state index contributed by atoms with van der Waals surface area (Å²) in [5.74, 6) is 0. The fourth-order valence-corrected chi connectivity index (χ4v) is 3.31. The first kappa shape index (κ1) is 16.5. The number of hydrogen-bond donors (Lipinski definition) is 0. The summed E-state index contributed by atoms with van der Waals surface area (Å²) in [6.07, 6.45) is 0. The highest BCUT2D eigenvalue weighted by Gasteiger charge is 2.17. The Kier molecular flexibility index (Phi) is 4.09. The molecule has 2 aromatic carbocycles. The first-order valence-electron chi connectivity index (χ1n) is 8.31. The maximum Gasteiger partial charge on any atom is 0.295 e. The molecule has 0 N–H and O–H groups in total. The van der Waals surface area contributed by atoms with Crippen molar-refractivity contribution in [1.82, 2.24) is 19.6 Å². The molecule has 4 aromatic rings. The van der Waals surface area contributed by atoms with Crippen molar-refractivity contribution >= 4 is 22.5 Å². The summed E-state index contributed by atoms with van der Waals surface area (Å²) < 4.78 is 3.25. The maximum atomic E-state index is 12.9. The Balaban J connectivity index is 1.88. The summed E-state index contributed by atoms with van der Waals surface area (Å²) in [6, 6.07) is 17.2. The fraction of sp³-hybridized carbons (Fsp3) is 0.150. The molecule has 0 fully saturated rings. The van der Waals surface area contributed by atoms with E-state index in [-0.39, 0.29) is 5.56 Å². The van der Waals surface area contributed by atoms with Crippen LogP contribution in [0.2, 0.25) is 5.02 Å². The molecular formula is C20H17ClN4O. The number of nitrogens with zero attached hydrogens (tertiary/aromatic N) is 4. The average molecular weight is 365 g/mol. The van der Waals surface area contributed by atoms with E-state index in [0.29, 0.717) is 17.1 Å². The lowest BCUT2D eigenvalue weighted by Crippen LogP contribution is -2.24. The third-order valence-electron chi connectivity index (χ3n) is 4.43. The van der Waals surface area contributed by atoms with Gasteiger partial charge >= 0.3 is 0 Å². The molecule has 0 bridgehead atoms. The van der Waals surface area contributed by atoms with E-state index in [1.165, 1.54) is 4.68 Å². The van der Waals surface area contributed by atoms with Crippen molar-refractivity contribution in [1.29, 1.82) is 0 Å². The number of rotatable bonds is 3. The monoisotopic (exact) mass is 364 g/mol. The standard InChI is InChI=1S/C20H17ClN4O/c1-13-18-14(2)25(17-10-8-16(21)9-11-17)23-19(18)20(26)24(22-13)12-15-6-4-3-5-7-15/h3-11H,12H2,1-2H3. The predicted molar refractivity (Wildman–Crippen MR) is 103 cm³/mol. The molecule has 0 radical (unpaired) electrons. The van der Waals surface area contributed by atoms with Crippen molar-refractivity contribution in [3.05, 3.63) is 86.9 Å².